The molecule has 0 fully saturated rings. The molecule has 31 heavy (non-hydrogen) atoms. The van der Waals surface area contributed by atoms with Crippen LogP contribution in [0.4, 0.5) is 0 Å². The largest absolute Gasteiger partial charge is 0.0885 e. The van der Waals surface area contributed by atoms with Crippen molar-refractivity contribution >= 4 is 0 Å². The molecule has 0 saturated heterocycles. The Morgan fingerprint density at radius 3 is 0.677 bits per heavy atom. The quantitative estimate of drug-likeness (QED) is 0.0890. The lowest BCUT2D eigenvalue weighted by molar-refractivity contribution is 0.536. The maximum absolute atomic E-state index is 2.46. The zero-order valence-electron chi connectivity index (χ0n) is 22.2. The summed E-state index contributed by atoms with van der Waals surface area (Å²) in [6.07, 6.45) is 43.9. The second kappa shape index (κ2) is 29.7. The zero-order valence-corrected chi connectivity index (χ0v) is 22.2. The lowest BCUT2D eigenvalue weighted by Gasteiger charge is -2.03. The minimum Gasteiger partial charge on any atom is -0.0885 e. The Bertz CT molecular complexity index is 316. The summed E-state index contributed by atoms with van der Waals surface area (Å²) in [7, 11) is 0. The van der Waals surface area contributed by atoms with Gasteiger partial charge in [-0.25, -0.2) is 0 Å². The molecule has 0 aliphatic carbocycles. The molecule has 0 aliphatic rings. The van der Waals surface area contributed by atoms with Gasteiger partial charge in [-0.2, -0.15) is 0 Å². The van der Waals surface area contributed by atoms with Gasteiger partial charge in [0, 0.05) is 0 Å². The van der Waals surface area contributed by atoms with Gasteiger partial charge in [0.15, 0.2) is 0 Å². The minimum atomic E-state index is 1.32. The first-order valence-electron chi connectivity index (χ1n) is 15.1. The van der Waals surface area contributed by atoms with Crippen molar-refractivity contribution in [2.45, 2.75) is 187 Å². The fourth-order valence-corrected chi connectivity index (χ4v) is 4.62. The summed E-state index contributed by atoms with van der Waals surface area (Å²) < 4.78 is 0. The molecule has 0 aromatic heterocycles. The van der Waals surface area contributed by atoms with Crippen molar-refractivity contribution in [2.24, 2.45) is 0 Å². The smallest absolute Gasteiger partial charge is 0.0351 e. The first-order valence-corrected chi connectivity index (χ1v) is 15.1. The molecule has 0 spiro atoms. The van der Waals surface area contributed by atoms with Crippen molar-refractivity contribution in [2.75, 3.05) is 0 Å². The lowest BCUT2D eigenvalue weighted by Crippen LogP contribution is -1.83. The standard InChI is InChI=1S/C31H62/c1-3-5-7-9-11-13-15-17-19-21-23-25-27-29-31-30-28-26-24-22-20-18-16-14-12-10-8-6-4-2/h27,29H,3-26,28,30-31H2,1-2H3/b29-27+. The summed E-state index contributed by atoms with van der Waals surface area (Å²) in [6.45, 7) is 4.60. The molecule has 0 N–H and O–H groups in total. The fraction of sp³-hybridized carbons (Fsp3) is 0.935. The van der Waals surface area contributed by atoms with Gasteiger partial charge in [-0.3, -0.25) is 0 Å². The highest BCUT2D eigenvalue weighted by atomic mass is 14.0. The van der Waals surface area contributed by atoms with Gasteiger partial charge in [0.05, 0.1) is 0 Å². The first kappa shape index (κ1) is 30.7. The molecule has 0 atom stereocenters. The molecule has 0 radical (unpaired) electrons. The molecule has 0 heteroatoms. The Balaban J connectivity index is 3.06. The van der Waals surface area contributed by atoms with Crippen LogP contribution in [0.15, 0.2) is 12.2 Å². The Labute approximate surface area is 199 Å². The Kier molecular flexibility index (Phi) is 29.5. The summed E-state index contributed by atoms with van der Waals surface area (Å²) in [6, 6.07) is 0. The predicted molar refractivity (Wildman–Crippen MR) is 145 cm³/mol. The molecule has 0 rings (SSSR count). The van der Waals surface area contributed by atoms with Crippen molar-refractivity contribution in [3.05, 3.63) is 12.2 Å². The van der Waals surface area contributed by atoms with Crippen LogP contribution in [0.5, 0.6) is 0 Å². The van der Waals surface area contributed by atoms with Gasteiger partial charge in [-0.15, -0.1) is 0 Å². The van der Waals surface area contributed by atoms with Crippen LogP contribution in [0.2, 0.25) is 0 Å². The molecule has 0 heterocycles. The van der Waals surface area contributed by atoms with Crippen LogP contribution in [0.1, 0.15) is 187 Å². The summed E-state index contributed by atoms with van der Waals surface area (Å²) in [5.41, 5.74) is 0. The van der Waals surface area contributed by atoms with Crippen LogP contribution in [0.25, 0.3) is 0 Å². The fourth-order valence-electron chi connectivity index (χ4n) is 4.62. The van der Waals surface area contributed by atoms with Crippen molar-refractivity contribution < 1.29 is 0 Å². The summed E-state index contributed by atoms with van der Waals surface area (Å²) >= 11 is 0. The van der Waals surface area contributed by atoms with Gasteiger partial charge in [0.25, 0.3) is 0 Å². The van der Waals surface area contributed by atoms with Gasteiger partial charge in [0.1, 0.15) is 0 Å². The topological polar surface area (TPSA) is 0 Å². The maximum atomic E-state index is 2.46. The van der Waals surface area contributed by atoms with E-state index >= 15 is 0 Å². The molecule has 0 aromatic rings. The van der Waals surface area contributed by atoms with Crippen LogP contribution in [-0.2, 0) is 0 Å². The van der Waals surface area contributed by atoms with Crippen LogP contribution >= 0.6 is 0 Å². The summed E-state index contributed by atoms with van der Waals surface area (Å²) in [5.74, 6) is 0. The molecule has 0 amide bonds. The number of hydrogen-bond donors (Lipinski definition) is 0. The molecule has 0 aromatic carbocycles. The minimum absolute atomic E-state index is 1.32. The Morgan fingerprint density at radius 2 is 0.452 bits per heavy atom. The van der Waals surface area contributed by atoms with Crippen molar-refractivity contribution in [1.29, 1.82) is 0 Å². The van der Waals surface area contributed by atoms with Gasteiger partial charge >= 0.3 is 0 Å². The van der Waals surface area contributed by atoms with E-state index in [0.29, 0.717) is 0 Å². The van der Waals surface area contributed by atoms with Crippen LogP contribution in [-0.4, -0.2) is 0 Å². The highest BCUT2D eigenvalue weighted by Crippen LogP contribution is 2.14. The summed E-state index contributed by atoms with van der Waals surface area (Å²) in [4.78, 5) is 0. The van der Waals surface area contributed by atoms with Crippen molar-refractivity contribution in [3.63, 3.8) is 0 Å². The molecular weight excluding hydrogens is 372 g/mol. The average Bonchev–Trinajstić information content (AvgIpc) is 2.78. The first-order chi connectivity index (χ1) is 15.4. The molecule has 186 valence electrons. The van der Waals surface area contributed by atoms with E-state index in [1.54, 1.807) is 0 Å². The third-order valence-corrected chi connectivity index (χ3v) is 6.87. The maximum Gasteiger partial charge on any atom is -0.0351 e. The van der Waals surface area contributed by atoms with Crippen LogP contribution < -0.4 is 0 Å². The zero-order chi connectivity index (χ0) is 22.5. The molecule has 0 unspecified atom stereocenters. The number of unbranched alkanes of at least 4 members (excludes halogenated alkanes) is 25. The van der Waals surface area contributed by atoms with Gasteiger partial charge in [0.2, 0.25) is 0 Å². The monoisotopic (exact) mass is 434 g/mol. The second-order valence-electron chi connectivity index (χ2n) is 10.2. The van der Waals surface area contributed by atoms with Gasteiger partial charge in [-0.1, -0.05) is 174 Å². The second-order valence-corrected chi connectivity index (χ2v) is 10.2. The van der Waals surface area contributed by atoms with Crippen molar-refractivity contribution in [1.82, 2.24) is 0 Å². The lowest BCUT2D eigenvalue weighted by atomic mass is 10.0. The van der Waals surface area contributed by atoms with Crippen LogP contribution in [0, 0.1) is 0 Å². The van der Waals surface area contributed by atoms with E-state index in [2.05, 4.69) is 26.0 Å². The highest BCUT2D eigenvalue weighted by molar-refractivity contribution is 4.81. The van der Waals surface area contributed by atoms with Crippen molar-refractivity contribution in [3.8, 4) is 0 Å². The third-order valence-electron chi connectivity index (χ3n) is 6.87. The van der Waals surface area contributed by atoms with E-state index in [1.807, 2.05) is 0 Å². The summed E-state index contributed by atoms with van der Waals surface area (Å²) in [5, 5.41) is 0. The number of hydrogen-bond acceptors (Lipinski definition) is 0. The molecule has 0 nitrogen and oxygen atoms in total. The SMILES string of the molecule is CCCCCCCCCCCCC/C=C/CCCCCCCCCCCCCCCC. The Hall–Kier alpha value is -0.260. The number of rotatable bonds is 27. The molecule has 0 bridgehead atoms. The van der Waals surface area contributed by atoms with Crippen LogP contribution in [0.3, 0.4) is 0 Å². The molecular formula is C31H62. The van der Waals surface area contributed by atoms with E-state index in [4.69, 9.17) is 0 Å². The highest BCUT2D eigenvalue weighted by Gasteiger charge is 1.94. The molecule has 0 aliphatic heterocycles. The predicted octanol–water partition coefficient (Wildman–Crippen LogP) is 12.1. The number of allylic oxidation sites excluding steroid dienone is 2. The normalized spacial score (nSPS) is 11.7. The third kappa shape index (κ3) is 29.7. The van der Waals surface area contributed by atoms with Gasteiger partial charge in [-0.05, 0) is 25.7 Å². The van der Waals surface area contributed by atoms with E-state index in [-0.39, 0.29) is 0 Å². The van der Waals surface area contributed by atoms with E-state index in [1.165, 1.54) is 173 Å². The van der Waals surface area contributed by atoms with E-state index < -0.39 is 0 Å². The average molecular weight is 435 g/mol. The Morgan fingerprint density at radius 1 is 0.258 bits per heavy atom. The van der Waals surface area contributed by atoms with Gasteiger partial charge < -0.3 is 0 Å². The molecule has 0 saturated carbocycles. The van der Waals surface area contributed by atoms with E-state index in [9.17, 15) is 0 Å². The van der Waals surface area contributed by atoms with E-state index in [0.717, 1.165) is 0 Å².